The minimum atomic E-state index is 0.538. The Labute approximate surface area is 165 Å². The standard InChI is InChI=1S/C21H21NO.2C2H6/c1-3-7-21-17(2)15-22(16-23-21)20-12-10-19(11-13-20)14-18-8-5-4-6-9-18;2*1-2/h3-13H,1-2,14-16H2;2*1-2H3/b21-7+;;. The van der Waals surface area contributed by atoms with E-state index in [1.54, 1.807) is 6.08 Å². The van der Waals surface area contributed by atoms with Crippen LogP contribution in [0.3, 0.4) is 0 Å². The topological polar surface area (TPSA) is 12.5 Å². The molecule has 0 atom stereocenters. The molecule has 0 spiro atoms. The maximum absolute atomic E-state index is 5.74. The molecule has 0 bridgehead atoms. The first-order valence-electron chi connectivity index (χ1n) is 9.78. The van der Waals surface area contributed by atoms with Gasteiger partial charge in [0, 0.05) is 17.8 Å². The van der Waals surface area contributed by atoms with Crippen LogP contribution in [0.2, 0.25) is 0 Å². The Morgan fingerprint density at radius 2 is 1.52 bits per heavy atom. The number of hydrogen-bond acceptors (Lipinski definition) is 2. The maximum Gasteiger partial charge on any atom is 0.161 e. The van der Waals surface area contributed by atoms with Crippen molar-refractivity contribution in [2.75, 3.05) is 18.2 Å². The summed E-state index contributed by atoms with van der Waals surface area (Å²) in [6.45, 7) is 17.1. The Hall–Kier alpha value is -2.74. The summed E-state index contributed by atoms with van der Waals surface area (Å²) in [6.07, 6.45) is 4.55. The summed E-state index contributed by atoms with van der Waals surface area (Å²) >= 11 is 0. The summed E-state index contributed by atoms with van der Waals surface area (Å²) in [7, 11) is 0. The highest BCUT2D eigenvalue weighted by Gasteiger charge is 2.18. The molecule has 2 aromatic carbocycles. The molecule has 1 saturated heterocycles. The number of rotatable bonds is 4. The predicted molar refractivity (Wildman–Crippen MR) is 119 cm³/mol. The smallest absolute Gasteiger partial charge is 0.161 e. The highest BCUT2D eigenvalue weighted by molar-refractivity contribution is 5.51. The monoisotopic (exact) mass is 363 g/mol. The summed E-state index contributed by atoms with van der Waals surface area (Å²) < 4.78 is 5.74. The zero-order valence-corrected chi connectivity index (χ0v) is 17.2. The molecule has 27 heavy (non-hydrogen) atoms. The molecule has 2 nitrogen and oxygen atoms in total. The molecule has 0 amide bonds. The van der Waals surface area contributed by atoms with Gasteiger partial charge in [0.1, 0.15) is 5.76 Å². The van der Waals surface area contributed by atoms with Gasteiger partial charge < -0.3 is 9.64 Å². The van der Waals surface area contributed by atoms with Gasteiger partial charge in [0.25, 0.3) is 0 Å². The lowest BCUT2D eigenvalue weighted by atomic mass is 10.0. The van der Waals surface area contributed by atoms with Gasteiger partial charge in [-0.1, -0.05) is 89.4 Å². The van der Waals surface area contributed by atoms with E-state index in [4.69, 9.17) is 4.74 Å². The fraction of sp³-hybridized carbons (Fsp3) is 0.280. The lowest BCUT2D eigenvalue weighted by Crippen LogP contribution is -2.33. The van der Waals surface area contributed by atoms with E-state index in [0.29, 0.717) is 6.73 Å². The van der Waals surface area contributed by atoms with Crippen molar-refractivity contribution in [2.24, 2.45) is 0 Å². The molecule has 1 aliphatic rings. The van der Waals surface area contributed by atoms with Gasteiger partial charge in [-0.05, 0) is 35.8 Å². The van der Waals surface area contributed by atoms with Crippen LogP contribution in [0.25, 0.3) is 0 Å². The number of nitrogens with zero attached hydrogens (tertiary/aromatic N) is 1. The molecule has 1 fully saturated rings. The molecule has 2 heteroatoms. The molecule has 1 heterocycles. The first-order valence-corrected chi connectivity index (χ1v) is 9.78. The van der Waals surface area contributed by atoms with Gasteiger partial charge in [-0.25, -0.2) is 0 Å². The van der Waals surface area contributed by atoms with E-state index in [1.165, 1.54) is 11.1 Å². The van der Waals surface area contributed by atoms with Crippen LogP contribution in [0, 0.1) is 0 Å². The van der Waals surface area contributed by atoms with Crippen molar-refractivity contribution in [3.05, 3.63) is 102 Å². The van der Waals surface area contributed by atoms with E-state index in [1.807, 2.05) is 39.8 Å². The Morgan fingerprint density at radius 1 is 0.926 bits per heavy atom. The van der Waals surface area contributed by atoms with Crippen LogP contribution in [0.1, 0.15) is 38.8 Å². The highest BCUT2D eigenvalue weighted by atomic mass is 16.5. The second-order valence-electron chi connectivity index (χ2n) is 5.67. The van der Waals surface area contributed by atoms with E-state index in [2.05, 4.69) is 66.6 Å². The number of ether oxygens (including phenoxy) is 1. The molecule has 144 valence electrons. The van der Waals surface area contributed by atoms with Crippen molar-refractivity contribution in [1.29, 1.82) is 0 Å². The molecular weight excluding hydrogens is 330 g/mol. The van der Waals surface area contributed by atoms with Crippen molar-refractivity contribution in [3.8, 4) is 0 Å². The van der Waals surface area contributed by atoms with Crippen LogP contribution in [0.15, 0.2) is 91.2 Å². The van der Waals surface area contributed by atoms with Crippen molar-refractivity contribution in [2.45, 2.75) is 34.1 Å². The first-order chi connectivity index (χ1) is 13.3. The molecule has 3 rings (SSSR count). The summed E-state index contributed by atoms with van der Waals surface area (Å²) in [5, 5.41) is 0. The fourth-order valence-corrected chi connectivity index (χ4v) is 2.70. The van der Waals surface area contributed by atoms with E-state index >= 15 is 0 Å². The Kier molecular flexibility index (Phi) is 10.4. The molecule has 0 N–H and O–H groups in total. The number of anilines is 1. The largest absolute Gasteiger partial charge is 0.473 e. The Morgan fingerprint density at radius 3 is 2.07 bits per heavy atom. The van der Waals surface area contributed by atoms with Crippen molar-refractivity contribution in [1.82, 2.24) is 0 Å². The third kappa shape index (κ3) is 6.82. The van der Waals surface area contributed by atoms with E-state index in [-0.39, 0.29) is 0 Å². The fourth-order valence-electron chi connectivity index (χ4n) is 2.70. The van der Waals surface area contributed by atoms with E-state index in [9.17, 15) is 0 Å². The molecule has 0 aromatic heterocycles. The SMILES string of the molecule is C=C/C=C1/OCN(c2ccc(Cc3ccccc3)cc2)CC1=C.CC.CC. The highest BCUT2D eigenvalue weighted by Crippen LogP contribution is 2.24. The van der Waals surface area contributed by atoms with Crippen LogP contribution < -0.4 is 4.90 Å². The number of allylic oxidation sites excluding steroid dienone is 2. The van der Waals surface area contributed by atoms with Gasteiger partial charge >= 0.3 is 0 Å². The molecule has 0 saturated carbocycles. The van der Waals surface area contributed by atoms with Crippen LogP contribution in [-0.4, -0.2) is 13.3 Å². The third-order valence-electron chi connectivity index (χ3n) is 3.93. The minimum Gasteiger partial charge on any atom is -0.473 e. The number of benzene rings is 2. The van der Waals surface area contributed by atoms with Crippen molar-refractivity contribution < 1.29 is 4.74 Å². The second kappa shape index (κ2) is 12.6. The zero-order valence-electron chi connectivity index (χ0n) is 17.2. The molecule has 1 aliphatic heterocycles. The predicted octanol–water partition coefficient (Wildman–Crippen LogP) is 6.75. The first kappa shape index (κ1) is 22.3. The molecule has 0 unspecified atom stereocenters. The van der Waals surface area contributed by atoms with Gasteiger partial charge in [0.2, 0.25) is 0 Å². The van der Waals surface area contributed by atoms with Gasteiger partial charge in [0.05, 0.1) is 0 Å². The molecular formula is C25H33NO. The van der Waals surface area contributed by atoms with Crippen LogP contribution in [0.5, 0.6) is 0 Å². The minimum absolute atomic E-state index is 0.538. The van der Waals surface area contributed by atoms with Crippen molar-refractivity contribution >= 4 is 5.69 Å². The van der Waals surface area contributed by atoms with Gasteiger partial charge in [-0.3, -0.25) is 0 Å². The average Bonchev–Trinajstić information content (AvgIpc) is 2.74. The molecule has 2 aromatic rings. The van der Waals surface area contributed by atoms with Gasteiger partial charge in [0.15, 0.2) is 6.73 Å². The quantitative estimate of drug-likeness (QED) is 0.595. The zero-order chi connectivity index (χ0) is 20.1. The summed E-state index contributed by atoms with van der Waals surface area (Å²) in [5.41, 5.74) is 4.77. The van der Waals surface area contributed by atoms with Gasteiger partial charge in [-0.2, -0.15) is 0 Å². The Balaban J connectivity index is 0.000000855. The van der Waals surface area contributed by atoms with Gasteiger partial charge in [-0.15, -0.1) is 0 Å². The van der Waals surface area contributed by atoms with Crippen molar-refractivity contribution in [3.63, 3.8) is 0 Å². The third-order valence-corrected chi connectivity index (χ3v) is 3.93. The maximum atomic E-state index is 5.74. The lowest BCUT2D eigenvalue weighted by Gasteiger charge is -2.32. The summed E-state index contributed by atoms with van der Waals surface area (Å²) in [6, 6.07) is 19.2. The average molecular weight is 364 g/mol. The van der Waals surface area contributed by atoms with E-state index in [0.717, 1.165) is 30.0 Å². The summed E-state index contributed by atoms with van der Waals surface area (Å²) in [5.74, 6) is 0.831. The Bertz CT molecular complexity index is 714. The number of hydrogen-bond donors (Lipinski definition) is 0. The normalized spacial score (nSPS) is 14.3. The van der Waals surface area contributed by atoms with Crippen LogP contribution in [-0.2, 0) is 11.2 Å². The summed E-state index contributed by atoms with van der Waals surface area (Å²) in [4.78, 5) is 2.18. The molecule has 0 aliphatic carbocycles. The van der Waals surface area contributed by atoms with Crippen LogP contribution in [0.4, 0.5) is 5.69 Å². The molecule has 0 radical (unpaired) electrons. The lowest BCUT2D eigenvalue weighted by molar-refractivity contribution is 0.202. The van der Waals surface area contributed by atoms with Crippen LogP contribution >= 0.6 is 0 Å². The van der Waals surface area contributed by atoms with E-state index < -0.39 is 0 Å². The second-order valence-corrected chi connectivity index (χ2v) is 5.67.